The van der Waals surface area contributed by atoms with Gasteiger partial charge in [0.15, 0.2) is 0 Å². The second-order valence-corrected chi connectivity index (χ2v) is 9.05. The van der Waals surface area contributed by atoms with Gasteiger partial charge in [-0.3, -0.25) is 14.5 Å². The molecule has 3 amide bonds. The van der Waals surface area contributed by atoms with E-state index in [1.54, 1.807) is 35.2 Å². The number of nitrogens with one attached hydrogen (secondary N) is 2. The van der Waals surface area contributed by atoms with Gasteiger partial charge < -0.3 is 20.5 Å². The number of rotatable bonds is 7. The van der Waals surface area contributed by atoms with Gasteiger partial charge in [0.05, 0.1) is 17.7 Å². The van der Waals surface area contributed by atoms with Crippen LogP contribution in [0.1, 0.15) is 41.6 Å². The molecule has 4 rings (SSSR count). The number of anilines is 1. The summed E-state index contributed by atoms with van der Waals surface area (Å²) in [7, 11) is 0. The monoisotopic (exact) mass is 485 g/mol. The van der Waals surface area contributed by atoms with Crippen molar-refractivity contribution in [3.63, 3.8) is 0 Å². The summed E-state index contributed by atoms with van der Waals surface area (Å²) in [6.07, 6.45) is 3.45. The van der Waals surface area contributed by atoms with Crippen molar-refractivity contribution in [2.75, 3.05) is 24.5 Å². The number of nitrogens with zero attached hydrogens (tertiary/aromatic N) is 1. The zero-order valence-corrected chi connectivity index (χ0v) is 19.5. The van der Waals surface area contributed by atoms with Crippen molar-refractivity contribution in [2.45, 2.75) is 38.2 Å². The SMILES string of the molecule is O=C(NCCNC(=O)N1CCc2ccc(Cl)cc21)c1ccc(O[C@H]2CC[C@@H](C(=O)O)CC2)cc1. The van der Waals surface area contributed by atoms with Gasteiger partial charge in [-0.05, 0) is 74.1 Å². The molecule has 9 heteroatoms. The highest BCUT2D eigenvalue weighted by Gasteiger charge is 2.27. The maximum atomic E-state index is 12.5. The minimum atomic E-state index is -0.736. The molecular weight excluding hydrogens is 458 g/mol. The van der Waals surface area contributed by atoms with Crippen LogP contribution in [0.15, 0.2) is 42.5 Å². The lowest BCUT2D eigenvalue weighted by Crippen LogP contribution is -2.42. The van der Waals surface area contributed by atoms with Crippen LogP contribution in [0, 0.1) is 5.92 Å². The average molecular weight is 486 g/mol. The maximum Gasteiger partial charge on any atom is 0.321 e. The van der Waals surface area contributed by atoms with Crippen LogP contribution in [-0.4, -0.2) is 48.8 Å². The molecule has 1 saturated carbocycles. The number of carboxylic acids is 1. The van der Waals surface area contributed by atoms with Crippen molar-refractivity contribution in [1.29, 1.82) is 0 Å². The van der Waals surface area contributed by atoms with Gasteiger partial charge in [0, 0.05) is 30.2 Å². The molecule has 1 aliphatic heterocycles. The first-order valence-corrected chi connectivity index (χ1v) is 11.9. The molecule has 1 heterocycles. The topological polar surface area (TPSA) is 108 Å². The number of carbonyl (C=O) groups is 3. The molecule has 2 aromatic rings. The molecule has 0 spiro atoms. The number of halogens is 1. The highest BCUT2D eigenvalue weighted by Crippen LogP contribution is 2.31. The van der Waals surface area contributed by atoms with E-state index in [1.165, 1.54) is 0 Å². The Kier molecular flexibility index (Phi) is 7.57. The Labute approximate surface area is 203 Å². The van der Waals surface area contributed by atoms with E-state index in [9.17, 15) is 14.4 Å². The third-order valence-electron chi connectivity index (χ3n) is 6.32. The van der Waals surface area contributed by atoms with Crippen molar-refractivity contribution in [3.8, 4) is 5.75 Å². The zero-order valence-electron chi connectivity index (χ0n) is 18.8. The molecule has 0 aromatic heterocycles. The highest BCUT2D eigenvalue weighted by atomic mass is 35.5. The number of carbonyl (C=O) groups excluding carboxylic acids is 2. The first-order valence-electron chi connectivity index (χ1n) is 11.5. The van der Waals surface area contributed by atoms with Gasteiger partial charge in [-0.1, -0.05) is 17.7 Å². The summed E-state index contributed by atoms with van der Waals surface area (Å²) in [5.41, 5.74) is 2.41. The smallest absolute Gasteiger partial charge is 0.321 e. The second kappa shape index (κ2) is 10.8. The van der Waals surface area contributed by atoms with Crippen LogP contribution in [-0.2, 0) is 11.2 Å². The summed E-state index contributed by atoms with van der Waals surface area (Å²) in [5.74, 6) is -0.588. The van der Waals surface area contributed by atoms with Crippen LogP contribution < -0.4 is 20.3 Å². The van der Waals surface area contributed by atoms with E-state index in [2.05, 4.69) is 10.6 Å². The Bertz CT molecular complexity index is 1050. The van der Waals surface area contributed by atoms with E-state index in [1.807, 2.05) is 12.1 Å². The Balaban J connectivity index is 1.18. The van der Waals surface area contributed by atoms with Crippen LogP contribution >= 0.6 is 11.6 Å². The molecule has 34 heavy (non-hydrogen) atoms. The largest absolute Gasteiger partial charge is 0.490 e. The first-order chi connectivity index (χ1) is 16.4. The van der Waals surface area contributed by atoms with E-state index >= 15 is 0 Å². The molecule has 0 saturated heterocycles. The third kappa shape index (κ3) is 5.80. The van der Waals surface area contributed by atoms with E-state index in [-0.39, 0.29) is 24.0 Å². The Morgan fingerprint density at radius 2 is 1.71 bits per heavy atom. The Morgan fingerprint density at radius 3 is 2.41 bits per heavy atom. The third-order valence-corrected chi connectivity index (χ3v) is 6.55. The van der Waals surface area contributed by atoms with Crippen molar-refractivity contribution in [2.24, 2.45) is 5.92 Å². The standard InChI is InChI=1S/C25H28ClN3O5/c26-19-6-1-16-11-14-29(22(16)15-19)25(33)28-13-12-27-23(30)17-2-7-20(8-3-17)34-21-9-4-18(5-10-21)24(31)32/h1-3,6-8,15,18,21H,4-5,9-14H2,(H,27,30)(H,28,33)(H,31,32)/t18-,21+. The number of hydrogen-bond acceptors (Lipinski definition) is 4. The molecular formula is C25H28ClN3O5. The lowest BCUT2D eigenvalue weighted by Gasteiger charge is -2.26. The number of ether oxygens (including phenoxy) is 1. The number of carboxylic acid groups (broad SMARTS) is 1. The van der Waals surface area contributed by atoms with Gasteiger partial charge in [-0.2, -0.15) is 0 Å². The predicted molar refractivity (Wildman–Crippen MR) is 129 cm³/mol. The molecule has 2 aromatic carbocycles. The lowest BCUT2D eigenvalue weighted by atomic mass is 9.87. The number of amides is 3. The molecule has 0 bridgehead atoms. The van der Waals surface area contributed by atoms with Gasteiger partial charge in [-0.15, -0.1) is 0 Å². The number of aliphatic carboxylic acids is 1. The molecule has 8 nitrogen and oxygen atoms in total. The minimum Gasteiger partial charge on any atom is -0.490 e. The number of hydrogen-bond donors (Lipinski definition) is 3. The molecule has 3 N–H and O–H groups in total. The molecule has 0 radical (unpaired) electrons. The van der Waals surface area contributed by atoms with Gasteiger partial charge in [-0.25, -0.2) is 4.79 Å². The van der Waals surface area contributed by atoms with Crippen molar-refractivity contribution in [3.05, 3.63) is 58.6 Å². The summed E-state index contributed by atoms with van der Waals surface area (Å²) in [5, 5.41) is 15.3. The van der Waals surface area contributed by atoms with Gasteiger partial charge >= 0.3 is 12.0 Å². The normalized spacial score (nSPS) is 19.3. The van der Waals surface area contributed by atoms with Crippen LogP contribution in [0.2, 0.25) is 5.02 Å². The fraction of sp³-hybridized carbons (Fsp3) is 0.400. The van der Waals surface area contributed by atoms with E-state index in [0.717, 1.165) is 17.7 Å². The summed E-state index contributed by atoms with van der Waals surface area (Å²) in [6, 6.07) is 12.2. The summed E-state index contributed by atoms with van der Waals surface area (Å²) in [6.45, 7) is 1.20. The van der Waals surface area contributed by atoms with E-state index in [4.69, 9.17) is 21.4 Å². The quantitative estimate of drug-likeness (QED) is 0.516. The molecule has 2 aliphatic rings. The summed E-state index contributed by atoms with van der Waals surface area (Å²) in [4.78, 5) is 37.6. The van der Waals surface area contributed by atoms with Gasteiger partial charge in [0.25, 0.3) is 5.91 Å². The Morgan fingerprint density at radius 1 is 1.00 bits per heavy atom. The number of benzene rings is 2. The van der Waals surface area contributed by atoms with Crippen molar-refractivity contribution >= 4 is 35.2 Å². The Hall–Kier alpha value is -3.26. The van der Waals surface area contributed by atoms with Crippen molar-refractivity contribution in [1.82, 2.24) is 10.6 Å². The average Bonchev–Trinajstić information content (AvgIpc) is 3.25. The number of urea groups is 1. The van der Waals surface area contributed by atoms with Crippen molar-refractivity contribution < 1.29 is 24.2 Å². The van der Waals surface area contributed by atoms with Crippen LogP contribution in [0.5, 0.6) is 5.75 Å². The highest BCUT2D eigenvalue weighted by molar-refractivity contribution is 6.31. The molecule has 0 unspecified atom stereocenters. The van der Waals surface area contributed by atoms with E-state index in [0.29, 0.717) is 61.7 Å². The fourth-order valence-corrected chi connectivity index (χ4v) is 4.58. The lowest BCUT2D eigenvalue weighted by molar-refractivity contribution is -0.143. The van der Waals surface area contributed by atoms with Gasteiger partial charge in [0.2, 0.25) is 0 Å². The molecule has 1 fully saturated rings. The maximum absolute atomic E-state index is 12.5. The van der Waals surface area contributed by atoms with Crippen LogP contribution in [0.4, 0.5) is 10.5 Å². The fourth-order valence-electron chi connectivity index (χ4n) is 4.41. The molecule has 180 valence electrons. The molecule has 0 atom stereocenters. The predicted octanol–water partition coefficient (Wildman–Crippen LogP) is 3.86. The van der Waals surface area contributed by atoms with Crippen LogP contribution in [0.25, 0.3) is 0 Å². The first kappa shape index (κ1) is 23.9. The van der Waals surface area contributed by atoms with Gasteiger partial charge in [0.1, 0.15) is 5.75 Å². The van der Waals surface area contributed by atoms with Crippen LogP contribution in [0.3, 0.4) is 0 Å². The van der Waals surface area contributed by atoms with E-state index < -0.39 is 5.97 Å². The summed E-state index contributed by atoms with van der Waals surface area (Å²) >= 11 is 6.05. The summed E-state index contributed by atoms with van der Waals surface area (Å²) < 4.78 is 5.94. The molecule has 1 aliphatic carbocycles. The zero-order chi connectivity index (χ0) is 24.1. The second-order valence-electron chi connectivity index (χ2n) is 8.62. The number of fused-ring (bicyclic) bond motifs is 1. The minimum absolute atomic E-state index is 0.00233.